The molecular weight excluding hydrogens is 440 g/mol. The number of aromatic hydroxyl groups is 1. The first-order chi connectivity index (χ1) is 15.8. The Labute approximate surface area is 185 Å². The van der Waals surface area contributed by atoms with Gasteiger partial charge < -0.3 is 44.2 Å². The number of benzene rings is 2. The van der Waals surface area contributed by atoms with Crippen LogP contribution in [0.5, 0.6) is 17.2 Å². The highest BCUT2D eigenvalue weighted by Crippen LogP contribution is 2.35. The zero-order valence-corrected chi connectivity index (χ0v) is 16.9. The first-order valence-electron chi connectivity index (χ1n) is 9.84. The van der Waals surface area contributed by atoms with Crippen LogP contribution in [-0.4, -0.2) is 68.8 Å². The van der Waals surface area contributed by atoms with E-state index >= 15 is 0 Å². The molecule has 174 valence electrons. The lowest BCUT2D eigenvalue weighted by Gasteiger charge is -2.39. The minimum Gasteiger partial charge on any atom is -0.504 e. The summed E-state index contributed by atoms with van der Waals surface area (Å²) >= 11 is 0. The average Bonchev–Trinajstić information content (AvgIpc) is 2.82. The molecule has 11 heteroatoms. The Morgan fingerprint density at radius 1 is 1.00 bits per heavy atom. The maximum atomic E-state index is 12.4. The standard InChI is InChI=1S/C22H20O11/c23-9-14-16(25)17(26)18(27)22(32-14)33-19-15(24)12-7-6-11(8-13(12)31-21(19)29)30-20(28)10-4-2-1-3-5-10/h1-8,14,16-18,22-27H,9H2/t14-,16-,17+,18+,22-/m1/s1. The molecule has 5 atom stereocenters. The summed E-state index contributed by atoms with van der Waals surface area (Å²) in [5.74, 6) is -1.95. The molecule has 0 spiro atoms. The smallest absolute Gasteiger partial charge is 0.383 e. The van der Waals surface area contributed by atoms with Gasteiger partial charge in [-0.3, -0.25) is 0 Å². The maximum absolute atomic E-state index is 12.4. The van der Waals surface area contributed by atoms with Gasteiger partial charge in [-0.1, -0.05) is 18.2 Å². The van der Waals surface area contributed by atoms with Crippen molar-refractivity contribution >= 4 is 16.9 Å². The molecule has 0 unspecified atom stereocenters. The number of fused-ring (bicyclic) bond motifs is 1. The molecule has 3 aromatic rings. The van der Waals surface area contributed by atoms with Gasteiger partial charge in [0, 0.05) is 6.07 Å². The second-order valence-electron chi connectivity index (χ2n) is 7.30. The zero-order valence-electron chi connectivity index (χ0n) is 16.9. The van der Waals surface area contributed by atoms with Gasteiger partial charge in [0.15, 0.2) is 5.75 Å². The largest absolute Gasteiger partial charge is 0.504 e. The predicted molar refractivity (Wildman–Crippen MR) is 110 cm³/mol. The van der Waals surface area contributed by atoms with Crippen LogP contribution in [-0.2, 0) is 4.74 Å². The van der Waals surface area contributed by atoms with Crippen LogP contribution < -0.4 is 15.1 Å². The Kier molecular flexibility index (Phi) is 6.31. The van der Waals surface area contributed by atoms with Gasteiger partial charge in [0.05, 0.1) is 17.6 Å². The van der Waals surface area contributed by atoms with Gasteiger partial charge in [-0.2, -0.15) is 0 Å². The third-order valence-electron chi connectivity index (χ3n) is 5.11. The van der Waals surface area contributed by atoms with Gasteiger partial charge in [-0.15, -0.1) is 0 Å². The van der Waals surface area contributed by atoms with Crippen molar-refractivity contribution in [2.75, 3.05) is 6.61 Å². The number of ether oxygens (including phenoxy) is 3. The molecule has 11 nitrogen and oxygen atoms in total. The van der Waals surface area contributed by atoms with Gasteiger partial charge >= 0.3 is 11.6 Å². The van der Waals surface area contributed by atoms with E-state index in [0.29, 0.717) is 5.56 Å². The van der Waals surface area contributed by atoms with E-state index < -0.39 is 60.4 Å². The molecule has 33 heavy (non-hydrogen) atoms. The van der Waals surface area contributed by atoms with Crippen molar-refractivity contribution in [2.24, 2.45) is 0 Å². The topological polar surface area (TPSA) is 176 Å². The Hall–Kier alpha value is -3.48. The number of carbonyl (C=O) groups excluding carboxylic acids is 1. The normalized spacial score (nSPS) is 25.0. The fourth-order valence-corrected chi connectivity index (χ4v) is 3.34. The molecular formula is C22H20O11. The number of aliphatic hydroxyl groups excluding tert-OH is 4. The van der Waals surface area contributed by atoms with E-state index in [-0.39, 0.29) is 16.7 Å². The lowest BCUT2D eigenvalue weighted by molar-refractivity contribution is -0.278. The Bertz CT molecular complexity index is 1200. The Balaban J connectivity index is 1.60. The highest BCUT2D eigenvalue weighted by molar-refractivity contribution is 5.92. The monoisotopic (exact) mass is 460 g/mol. The molecule has 1 saturated heterocycles. The van der Waals surface area contributed by atoms with Crippen molar-refractivity contribution in [3.05, 3.63) is 64.5 Å². The molecule has 4 rings (SSSR count). The van der Waals surface area contributed by atoms with E-state index in [4.69, 9.17) is 18.6 Å². The quantitative estimate of drug-likeness (QED) is 0.195. The summed E-state index contributed by atoms with van der Waals surface area (Å²) in [6.07, 6.45) is -8.12. The highest BCUT2D eigenvalue weighted by atomic mass is 16.7. The zero-order chi connectivity index (χ0) is 23.7. The fourth-order valence-electron chi connectivity index (χ4n) is 3.34. The number of rotatable bonds is 5. The van der Waals surface area contributed by atoms with E-state index in [1.165, 1.54) is 18.2 Å². The van der Waals surface area contributed by atoms with Crippen LogP contribution in [0.1, 0.15) is 10.4 Å². The number of aliphatic hydroxyl groups is 4. The summed E-state index contributed by atoms with van der Waals surface area (Å²) in [5.41, 5.74) is -0.953. The predicted octanol–water partition coefficient (Wildman–Crippen LogP) is -0.104. The van der Waals surface area contributed by atoms with Gasteiger partial charge in [-0.05, 0) is 24.3 Å². The molecule has 1 fully saturated rings. The molecule has 0 radical (unpaired) electrons. The summed E-state index contributed by atoms with van der Waals surface area (Å²) in [6, 6.07) is 12.1. The van der Waals surface area contributed by atoms with Crippen LogP contribution in [0.4, 0.5) is 0 Å². The summed E-state index contributed by atoms with van der Waals surface area (Å²) in [7, 11) is 0. The van der Waals surface area contributed by atoms with Crippen molar-refractivity contribution in [1.29, 1.82) is 0 Å². The minimum atomic E-state index is -1.79. The molecule has 0 saturated carbocycles. The van der Waals surface area contributed by atoms with E-state index in [9.17, 15) is 35.1 Å². The molecule has 0 amide bonds. The van der Waals surface area contributed by atoms with Gasteiger partial charge in [-0.25, -0.2) is 9.59 Å². The summed E-state index contributed by atoms with van der Waals surface area (Å²) in [6.45, 7) is -0.701. The second kappa shape index (κ2) is 9.17. The molecule has 0 bridgehead atoms. The third-order valence-corrected chi connectivity index (χ3v) is 5.11. The van der Waals surface area contributed by atoms with Crippen LogP contribution in [0.25, 0.3) is 11.0 Å². The molecule has 2 aromatic carbocycles. The van der Waals surface area contributed by atoms with Crippen molar-refractivity contribution < 1.29 is 49.0 Å². The Morgan fingerprint density at radius 3 is 2.42 bits per heavy atom. The molecule has 2 heterocycles. The van der Waals surface area contributed by atoms with Crippen LogP contribution in [0.3, 0.4) is 0 Å². The van der Waals surface area contributed by atoms with Gasteiger partial charge in [0.1, 0.15) is 35.7 Å². The van der Waals surface area contributed by atoms with Crippen LogP contribution >= 0.6 is 0 Å². The van der Waals surface area contributed by atoms with Crippen molar-refractivity contribution in [3.63, 3.8) is 0 Å². The van der Waals surface area contributed by atoms with Crippen molar-refractivity contribution in [1.82, 2.24) is 0 Å². The second-order valence-corrected chi connectivity index (χ2v) is 7.30. The molecule has 1 aliphatic heterocycles. The van der Waals surface area contributed by atoms with E-state index in [2.05, 4.69) is 0 Å². The number of carbonyl (C=O) groups is 1. The maximum Gasteiger partial charge on any atom is 0.383 e. The average molecular weight is 460 g/mol. The van der Waals surface area contributed by atoms with Gasteiger partial charge in [0.25, 0.3) is 5.75 Å². The number of esters is 1. The first kappa shape index (κ1) is 22.7. The van der Waals surface area contributed by atoms with E-state index in [1.807, 2.05) is 0 Å². The molecule has 1 aliphatic rings. The Morgan fingerprint density at radius 2 is 1.73 bits per heavy atom. The summed E-state index contributed by atoms with van der Waals surface area (Å²) in [5, 5.41) is 49.6. The van der Waals surface area contributed by atoms with Crippen LogP contribution in [0.2, 0.25) is 0 Å². The van der Waals surface area contributed by atoms with Crippen molar-refractivity contribution in [3.8, 4) is 17.2 Å². The lowest BCUT2D eigenvalue weighted by atomic mass is 9.99. The van der Waals surface area contributed by atoms with Crippen molar-refractivity contribution in [2.45, 2.75) is 30.7 Å². The first-order valence-corrected chi connectivity index (χ1v) is 9.84. The van der Waals surface area contributed by atoms with E-state index in [0.717, 1.165) is 0 Å². The molecule has 5 N–H and O–H groups in total. The summed E-state index contributed by atoms with van der Waals surface area (Å²) < 4.78 is 20.8. The van der Waals surface area contributed by atoms with Crippen LogP contribution in [0, 0.1) is 0 Å². The molecule has 1 aromatic heterocycles. The number of hydrogen-bond donors (Lipinski definition) is 5. The lowest BCUT2D eigenvalue weighted by Crippen LogP contribution is -2.60. The van der Waals surface area contributed by atoms with Crippen LogP contribution in [0.15, 0.2) is 57.7 Å². The SMILES string of the molecule is O=C(Oc1ccc2c(O)c(O[C@H]3O[C@H](CO)[C@@H](O)[C@H](O)[C@@H]3O)c(=O)oc2c1)c1ccccc1. The highest BCUT2D eigenvalue weighted by Gasteiger charge is 2.45. The minimum absolute atomic E-state index is 0.0219. The molecule has 0 aliphatic carbocycles. The van der Waals surface area contributed by atoms with E-state index in [1.54, 1.807) is 30.3 Å². The fraction of sp³-hybridized carbons (Fsp3) is 0.273. The van der Waals surface area contributed by atoms with Gasteiger partial charge in [0.2, 0.25) is 6.29 Å². The third kappa shape index (κ3) is 4.40. The number of hydrogen-bond acceptors (Lipinski definition) is 11. The summed E-state index contributed by atoms with van der Waals surface area (Å²) in [4.78, 5) is 24.6.